The van der Waals surface area contributed by atoms with E-state index >= 15 is 0 Å². The first-order valence-electron chi connectivity index (χ1n) is 5.64. The Labute approximate surface area is 105 Å². The highest BCUT2D eigenvalue weighted by Gasteiger charge is 2.14. The van der Waals surface area contributed by atoms with Crippen LogP contribution >= 0.6 is 0 Å². The summed E-state index contributed by atoms with van der Waals surface area (Å²) in [5, 5.41) is 9.33. The predicted octanol–water partition coefficient (Wildman–Crippen LogP) is 2.57. The van der Waals surface area contributed by atoms with Gasteiger partial charge in [-0.1, -0.05) is 0 Å². The lowest BCUT2D eigenvalue weighted by molar-refractivity contribution is 0.0784. The zero-order valence-electron chi connectivity index (χ0n) is 10.4. The zero-order chi connectivity index (χ0) is 13.1. The molecular weight excluding hydrogens is 230 g/mol. The summed E-state index contributed by atoms with van der Waals surface area (Å²) >= 11 is 0. The third-order valence-electron chi connectivity index (χ3n) is 2.79. The van der Waals surface area contributed by atoms with Gasteiger partial charge in [-0.3, -0.25) is 4.79 Å². The number of aryl methyl sites for hydroxylation is 1. The van der Waals surface area contributed by atoms with Gasteiger partial charge in [-0.2, -0.15) is 0 Å². The Morgan fingerprint density at radius 3 is 2.78 bits per heavy atom. The van der Waals surface area contributed by atoms with Gasteiger partial charge in [0.05, 0.1) is 12.5 Å². The van der Waals surface area contributed by atoms with Gasteiger partial charge < -0.3 is 14.4 Å². The minimum atomic E-state index is -0.0753. The molecule has 4 heteroatoms. The average molecular weight is 245 g/mol. The smallest absolute Gasteiger partial charge is 0.254 e. The van der Waals surface area contributed by atoms with Gasteiger partial charge in [-0.05, 0) is 36.8 Å². The van der Waals surface area contributed by atoms with Gasteiger partial charge >= 0.3 is 0 Å². The van der Waals surface area contributed by atoms with Crippen LogP contribution in [0.25, 0.3) is 0 Å². The van der Waals surface area contributed by atoms with Crippen LogP contribution in [0.4, 0.5) is 0 Å². The number of phenols is 1. The van der Waals surface area contributed by atoms with Crippen molar-refractivity contribution in [3.63, 3.8) is 0 Å². The van der Waals surface area contributed by atoms with Crippen molar-refractivity contribution in [1.82, 2.24) is 4.90 Å². The molecule has 94 valence electrons. The molecule has 0 unspecified atom stereocenters. The molecule has 0 fully saturated rings. The molecule has 1 amide bonds. The first-order valence-corrected chi connectivity index (χ1v) is 5.64. The third kappa shape index (κ3) is 2.53. The maximum atomic E-state index is 12.2. The molecule has 0 radical (unpaired) electrons. The number of rotatable bonds is 3. The van der Waals surface area contributed by atoms with Crippen molar-refractivity contribution < 1.29 is 14.3 Å². The van der Waals surface area contributed by atoms with Crippen LogP contribution in [-0.4, -0.2) is 23.0 Å². The van der Waals surface area contributed by atoms with E-state index in [9.17, 15) is 9.90 Å². The minimum Gasteiger partial charge on any atom is -0.508 e. The summed E-state index contributed by atoms with van der Waals surface area (Å²) in [6.45, 7) is 2.30. The summed E-state index contributed by atoms with van der Waals surface area (Å²) < 4.78 is 4.97. The second-order valence-corrected chi connectivity index (χ2v) is 4.29. The van der Waals surface area contributed by atoms with Crippen LogP contribution in [0, 0.1) is 6.92 Å². The molecular formula is C14H15NO3. The normalized spacial score (nSPS) is 10.3. The van der Waals surface area contributed by atoms with Gasteiger partial charge in [0.25, 0.3) is 5.91 Å². The Morgan fingerprint density at radius 1 is 1.39 bits per heavy atom. The summed E-state index contributed by atoms with van der Waals surface area (Å²) in [7, 11) is 1.74. The van der Waals surface area contributed by atoms with E-state index in [1.165, 1.54) is 6.07 Å². The maximum Gasteiger partial charge on any atom is 0.254 e. The summed E-state index contributed by atoms with van der Waals surface area (Å²) in [6.07, 6.45) is 3.20. The SMILES string of the molecule is Cc1cc(O)ccc1C(=O)N(C)Cc1ccoc1. The van der Waals surface area contributed by atoms with Crippen molar-refractivity contribution in [2.45, 2.75) is 13.5 Å². The second-order valence-electron chi connectivity index (χ2n) is 4.29. The van der Waals surface area contributed by atoms with Gasteiger partial charge in [0.1, 0.15) is 5.75 Å². The van der Waals surface area contributed by atoms with E-state index in [0.717, 1.165) is 11.1 Å². The van der Waals surface area contributed by atoms with Crippen LogP contribution in [-0.2, 0) is 6.54 Å². The van der Waals surface area contributed by atoms with E-state index in [1.807, 2.05) is 6.07 Å². The van der Waals surface area contributed by atoms with Crippen LogP contribution in [0.1, 0.15) is 21.5 Å². The molecule has 1 aromatic carbocycles. The Kier molecular flexibility index (Phi) is 3.37. The number of amides is 1. The number of aromatic hydroxyl groups is 1. The van der Waals surface area contributed by atoms with Gasteiger partial charge in [0.2, 0.25) is 0 Å². The van der Waals surface area contributed by atoms with Crippen molar-refractivity contribution in [2.75, 3.05) is 7.05 Å². The molecule has 0 saturated carbocycles. The highest BCUT2D eigenvalue weighted by atomic mass is 16.3. The number of furan rings is 1. The standard InChI is InChI=1S/C14H15NO3/c1-10-7-12(16)3-4-13(10)14(17)15(2)8-11-5-6-18-9-11/h3-7,9,16H,8H2,1-2H3. The van der Waals surface area contributed by atoms with E-state index in [1.54, 1.807) is 43.5 Å². The maximum absolute atomic E-state index is 12.2. The highest BCUT2D eigenvalue weighted by molar-refractivity contribution is 5.95. The summed E-state index contributed by atoms with van der Waals surface area (Å²) in [5.41, 5.74) is 2.31. The van der Waals surface area contributed by atoms with Crippen molar-refractivity contribution >= 4 is 5.91 Å². The van der Waals surface area contributed by atoms with Crippen molar-refractivity contribution in [3.05, 3.63) is 53.5 Å². The van der Waals surface area contributed by atoms with Crippen LogP contribution < -0.4 is 0 Å². The first kappa shape index (κ1) is 12.2. The lowest BCUT2D eigenvalue weighted by atomic mass is 10.1. The quantitative estimate of drug-likeness (QED) is 0.904. The fraction of sp³-hybridized carbons (Fsp3) is 0.214. The van der Waals surface area contributed by atoms with E-state index in [4.69, 9.17) is 4.42 Å². The zero-order valence-corrected chi connectivity index (χ0v) is 10.4. The minimum absolute atomic E-state index is 0.0753. The molecule has 2 aromatic rings. The van der Waals surface area contributed by atoms with Gasteiger partial charge in [-0.25, -0.2) is 0 Å². The van der Waals surface area contributed by atoms with Crippen LogP contribution in [0.5, 0.6) is 5.75 Å². The van der Waals surface area contributed by atoms with Crippen LogP contribution in [0.3, 0.4) is 0 Å². The van der Waals surface area contributed by atoms with Gasteiger partial charge in [0.15, 0.2) is 0 Å². The summed E-state index contributed by atoms with van der Waals surface area (Å²) in [6, 6.07) is 6.57. The number of carbonyl (C=O) groups excluding carboxylic acids is 1. The number of phenolic OH excluding ortho intramolecular Hbond substituents is 1. The Bertz CT molecular complexity index is 546. The van der Waals surface area contributed by atoms with E-state index < -0.39 is 0 Å². The van der Waals surface area contributed by atoms with Crippen LogP contribution in [0.2, 0.25) is 0 Å². The average Bonchev–Trinajstić information content (AvgIpc) is 2.81. The van der Waals surface area contributed by atoms with Gasteiger partial charge in [0, 0.05) is 24.7 Å². The topological polar surface area (TPSA) is 53.7 Å². The lowest BCUT2D eigenvalue weighted by Gasteiger charge is -2.17. The van der Waals surface area contributed by atoms with Crippen molar-refractivity contribution in [3.8, 4) is 5.75 Å². The molecule has 0 atom stereocenters. The lowest BCUT2D eigenvalue weighted by Crippen LogP contribution is -2.26. The Morgan fingerprint density at radius 2 is 2.17 bits per heavy atom. The monoisotopic (exact) mass is 245 g/mol. The second kappa shape index (κ2) is 4.96. The molecule has 0 bridgehead atoms. The van der Waals surface area contributed by atoms with Gasteiger partial charge in [-0.15, -0.1) is 0 Å². The number of benzene rings is 1. The van der Waals surface area contributed by atoms with Crippen molar-refractivity contribution in [1.29, 1.82) is 0 Å². The van der Waals surface area contributed by atoms with Crippen LogP contribution in [0.15, 0.2) is 41.2 Å². The Balaban J connectivity index is 2.15. The van der Waals surface area contributed by atoms with E-state index in [2.05, 4.69) is 0 Å². The number of carbonyl (C=O) groups is 1. The summed E-state index contributed by atoms with van der Waals surface area (Å²) in [5.74, 6) is 0.0928. The third-order valence-corrected chi connectivity index (χ3v) is 2.79. The molecule has 1 heterocycles. The molecule has 0 aliphatic rings. The molecule has 0 spiro atoms. The number of hydrogen-bond donors (Lipinski definition) is 1. The number of hydrogen-bond acceptors (Lipinski definition) is 3. The van der Waals surface area contributed by atoms with E-state index in [0.29, 0.717) is 12.1 Å². The largest absolute Gasteiger partial charge is 0.508 e. The fourth-order valence-corrected chi connectivity index (χ4v) is 1.82. The molecule has 1 N–H and O–H groups in total. The molecule has 0 aliphatic carbocycles. The molecule has 0 aliphatic heterocycles. The number of nitrogens with zero attached hydrogens (tertiary/aromatic N) is 1. The fourth-order valence-electron chi connectivity index (χ4n) is 1.82. The van der Waals surface area contributed by atoms with Crippen molar-refractivity contribution in [2.24, 2.45) is 0 Å². The predicted molar refractivity (Wildman–Crippen MR) is 67.3 cm³/mol. The molecule has 4 nitrogen and oxygen atoms in total. The molecule has 18 heavy (non-hydrogen) atoms. The Hall–Kier alpha value is -2.23. The first-order chi connectivity index (χ1) is 8.58. The highest BCUT2D eigenvalue weighted by Crippen LogP contribution is 2.17. The molecule has 2 rings (SSSR count). The molecule has 1 aromatic heterocycles. The summed E-state index contributed by atoms with van der Waals surface area (Å²) in [4.78, 5) is 13.8. The molecule has 0 saturated heterocycles. The van der Waals surface area contributed by atoms with E-state index in [-0.39, 0.29) is 11.7 Å².